The predicted octanol–water partition coefficient (Wildman–Crippen LogP) is 4.73. The van der Waals surface area contributed by atoms with Crippen LogP contribution >= 0.6 is 23.1 Å². The van der Waals surface area contributed by atoms with Crippen molar-refractivity contribution in [2.75, 3.05) is 13.2 Å². The van der Waals surface area contributed by atoms with Crippen molar-refractivity contribution in [3.8, 4) is 0 Å². The predicted molar refractivity (Wildman–Crippen MR) is 134 cm³/mol. The van der Waals surface area contributed by atoms with Gasteiger partial charge in [0.1, 0.15) is 10.5 Å². The summed E-state index contributed by atoms with van der Waals surface area (Å²) < 4.78 is 22.0. The van der Waals surface area contributed by atoms with Gasteiger partial charge < -0.3 is 10.1 Å². The smallest absolute Gasteiger partial charge is 0.272 e. The molecule has 2 aromatic carbocycles. The number of hydrogen-bond donors (Lipinski definition) is 1. The van der Waals surface area contributed by atoms with E-state index in [1.165, 1.54) is 35.2 Å². The maximum Gasteiger partial charge on any atom is 0.272 e. The Morgan fingerprint density at radius 1 is 1.24 bits per heavy atom. The third-order valence-electron chi connectivity index (χ3n) is 5.84. The van der Waals surface area contributed by atoms with E-state index < -0.39 is 0 Å². The van der Waals surface area contributed by atoms with Crippen molar-refractivity contribution in [3.63, 3.8) is 0 Å². The fourth-order valence-corrected chi connectivity index (χ4v) is 6.09. The first-order valence-corrected chi connectivity index (χ1v) is 13.1. The number of thiophene rings is 1. The van der Waals surface area contributed by atoms with Crippen LogP contribution in [0.3, 0.4) is 0 Å². The molecule has 0 unspecified atom stereocenters. The highest BCUT2D eigenvalue weighted by atomic mass is 32.2. The van der Waals surface area contributed by atoms with Gasteiger partial charge in [0, 0.05) is 42.0 Å². The first-order valence-electron chi connectivity index (χ1n) is 11.3. The normalized spacial score (nSPS) is 15.9. The lowest BCUT2D eigenvalue weighted by atomic mass is 10.2. The van der Waals surface area contributed by atoms with Gasteiger partial charge in [0.05, 0.1) is 11.6 Å². The number of nitrogens with zero attached hydrogens (tertiary/aromatic N) is 2. The first kappa shape index (κ1) is 23.0. The van der Waals surface area contributed by atoms with Gasteiger partial charge in [0.15, 0.2) is 5.16 Å². The minimum atomic E-state index is -0.288. The lowest BCUT2D eigenvalue weighted by molar-refractivity contribution is -0.121. The Kier molecular flexibility index (Phi) is 6.94. The van der Waals surface area contributed by atoms with Gasteiger partial charge in [-0.25, -0.2) is 9.37 Å². The van der Waals surface area contributed by atoms with Crippen LogP contribution in [-0.2, 0) is 21.8 Å². The Balaban J connectivity index is 1.41. The lowest BCUT2D eigenvalue weighted by Gasteiger charge is -2.13. The van der Waals surface area contributed by atoms with Gasteiger partial charge in [0.2, 0.25) is 5.91 Å². The van der Waals surface area contributed by atoms with Crippen LogP contribution in [0, 0.1) is 5.82 Å². The van der Waals surface area contributed by atoms with Gasteiger partial charge in [-0.3, -0.25) is 14.2 Å². The number of aromatic nitrogens is 2. The maximum absolute atomic E-state index is 13.5. The number of ether oxygens (including phenoxy) is 1. The molecule has 1 aliphatic rings. The fourth-order valence-electron chi connectivity index (χ4n) is 4.02. The number of benzene rings is 2. The molecule has 9 heteroatoms. The molecule has 1 N–H and O–H groups in total. The molecule has 1 aliphatic heterocycles. The molecule has 0 saturated carbocycles. The first-order chi connectivity index (χ1) is 16.6. The van der Waals surface area contributed by atoms with Crippen molar-refractivity contribution >= 4 is 49.3 Å². The molecule has 1 atom stereocenters. The number of fused-ring (bicyclic) bond motifs is 3. The number of amides is 1. The summed E-state index contributed by atoms with van der Waals surface area (Å²) in [5.74, 6) is 0.128. The molecule has 2 aromatic heterocycles. The molecule has 1 amide bonds. The van der Waals surface area contributed by atoms with Crippen LogP contribution in [-0.4, -0.2) is 34.7 Å². The summed E-state index contributed by atoms with van der Waals surface area (Å²) in [7, 11) is 0. The maximum atomic E-state index is 13.5. The molecule has 4 aromatic rings. The topological polar surface area (TPSA) is 73.2 Å². The van der Waals surface area contributed by atoms with E-state index in [-0.39, 0.29) is 36.4 Å². The molecule has 176 valence electrons. The molecule has 6 nitrogen and oxygen atoms in total. The van der Waals surface area contributed by atoms with Crippen molar-refractivity contribution < 1.29 is 13.9 Å². The second-order valence-electron chi connectivity index (χ2n) is 8.23. The summed E-state index contributed by atoms with van der Waals surface area (Å²) in [5.41, 5.74) is 1.47. The van der Waals surface area contributed by atoms with Gasteiger partial charge in [-0.2, -0.15) is 0 Å². The van der Waals surface area contributed by atoms with Crippen molar-refractivity contribution in [2.45, 2.75) is 42.8 Å². The Morgan fingerprint density at radius 2 is 2.06 bits per heavy atom. The standard InChI is InChI=1S/C25H24FN3O3S2/c26-17-9-7-16(8-10-17)15-33-25-28-22-19-5-1-2-6-20(19)34-23(22)24(31)29(25)12-11-21(30)27-14-18-4-3-13-32-18/h1-2,5-10,18H,3-4,11-15H2,(H,27,30)/t18-/m1/s1. The van der Waals surface area contributed by atoms with E-state index in [0.717, 1.165) is 35.1 Å². The lowest BCUT2D eigenvalue weighted by Crippen LogP contribution is -2.33. The number of thioether (sulfide) groups is 1. The van der Waals surface area contributed by atoms with Crippen LogP contribution in [0.25, 0.3) is 20.3 Å². The minimum Gasteiger partial charge on any atom is -0.376 e. The molecule has 0 radical (unpaired) electrons. The molecular weight excluding hydrogens is 473 g/mol. The average Bonchev–Trinajstić information content (AvgIpc) is 3.50. The number of carbonyl (C=O) groups is 1. The second kappa shape index (κ2) is 10.2. The molecule has 0 aliphatic carbocycles. The zero-order valence-electron chi connectivity index (χ0n) is 18.5. The van der Waals surface area contributed by atoms with E-state index >= 15 is 0 Å². The largest absolute Gasteiger partial charge is 0.376 e. The monoisotopic (exact) mass is 497 g/mol. The van der Waals surface area contributed by atoms with Crippen LogP contribution in [0.2, 0.25) is 0 Å². The van der Waals surface area contributed by atoms with Gasteiger partial charge in [-0.15, -0.1) is 11.3 Å². The number of carbonyl (C=O) groups excluding carboxylic acids is 1. The summed E-state index contributed by atoms with van der Waals surface area (Å²) in [6.07, 6.45) is 2.22. The summed E-state index contributed by atoms with van der Waals surface area (Å²) >= 11 is 2.84. The number of hydrogen-bond acceptors (Lipinski definition) is 6. The molecule has 0 spiro atoms. The molecule has 5 rings (SSSR count). The molecule has 34 heavy (non-hydrogen) atoms. The molecule has 3 heterocycles. The number of nitrogens with one attached hydrogen (secondary N) is 1. The summed E-state index contributed by atoms with van der Waals surface area (Å²) in [4.78, 5) is 30.8. The summed E-state index contributed by atoms with van der Waals surface area (Å²) in [6, 6.07) is 14.1. The Morgan fingerprint density at radius 3 is 2.85 bits per heavy atom. The van der Waals surface area contributed by atoms with Crippen LogP contribution in [0.15, 0.2) is 58.5 Å². The van der Waals surface area contributed by atoms with Crippen LogP contribution in [0.4, 0.5) is 4.39 Å². The van der Waals surface area contributed by atoms with Crippen molar-refractivity contribution in [3.05, 3.63) is 70.3 Å². The minimum absolute atomic E-state index is 0.0741. The van der Waals surface area contributed by atoms with E-state index in [1.54, 1.807) is 16.7 Å². The third-order valence-corrected chi connectivity index (χ3v) is 8.04. The molecule has 1 fully saturated rings. The van der Waals surface area contributed by atoms with Gasteiger partial charge in [0.25, 0.3) is 5.56 Å². The Labute approximate surface area is 204 Å². The average molecular weight is 498 g/mol. The van der Waals surface area contributed by atoms with E-state index in [1.807, 2.05) is 24.3 Å². The van der Waals surface area contributed by atoms with Gasteiger partial charge in [-0.1, -0.05) is 42.1 Å². The SMILES string of the molecule is O=C(CCn1c(SCc2ccc(F)cc2)nc2c(sc3ccccc32)c1=O)NC[C@H]1CCCO1. The summed E-state index contributed by atoms with van der Waals surface area (Å²) in [6.45, 7) is 1.47. The number of halogens is 1. The van der Waals surface area contributed by atoms with Crippen LogP contribution in [0.1, 0.15) is 24.8 Å². The molecule has 1 saturated heterocycles. The summed E-state index contributed by atoms with van der Waals surface area (Å²) in [5, 5.41) is 4.42. The van der Waals surface area contributed by atoms with E-state index in [4.69, 9.17) is 9.72 Å². The van der Waals surface area contributed by atoms with Crippen LogP contribution < -0.4 is 10.9 Å². The molecular formula is C25H24FN3O3S2. The highest BCUT2D eigenvalue weighted by Crippen LogP contribution is 2.32. The number of rotatable bonds is 8. The van der Waals surface area contributed by atoms with Crippen molar-refractivity contribution in [2.24, 2.45) is 0 Å². The van der Waals surface area contributed by atoms with Gasteiger partial charge >= 0.3 is 0 Å². The van der Waals surface area contributed by atoms with E-state index in [9.17, 15) is 14.0 Å². The van der Waals surface area contributed by atoms with Gasteiger partial charge in [-0.05, 0) is 36.6 Å². The fraction of sp³-hybridized carbons (Fsp3) is 0.320. The Bertz CT molecular complexity index is 1380. The van der Waals surface area contributed by atoms with E-state index in [2.05, 4.69) is 5.32 Å². The third kappa shape index (κ3) is 5.01. The highest BCUT2D eigenvalue weighted by Gasteiger charge is 2.19. The van der Waals surface area contributed by atoms with E-state index in [0.29, 0.717) is 27.7 Å². The zero-order chi connectivity index (χ0) is 23.5. The quantitative estimate of drug-likeness (QED) is 0.282. The van der Waals surface area contributed by atoms with Crippen molar-refractivity contribution in [1.29, 1.82) is 0 Å². The Hall–Kier alpha value is -2.75. The molecule has 0 bridgehead atoms. The van der Waals surface area contributed by atoms with Crippen LogP contribution in [0.5, 0.6) is 0 Å². The second-order valence-corrected chi connectivity index (χ2v) is 10.2. The highest BCUT2D eigenvalue weighted by molar-refractivity contribution is 7.98. The zero-order valence-corrected chi connectivity index (χ0v) is 20.1. The van der Waals surface area contributed by atoms with Crippen molar-refractivity contribution in [1.82, 2.24) is 14.9 Å².